The lowest BCUT2D eigenvalue weighted by atomic mass is 10.1. The summed E-state index contributed by atoms with van der Waals surface area (Å²) in [4.78, 5) is 14.8. The van der Waals surface area contributed by atoms with Crippen LogP contribution in [0.25, 0.3) is 0 Å². The van der Waals surface area contributed by atoms with Crippen molar-refractivity contribution in [2.24, 2.45) is 0 Å². The molecule has 0 N–H and O–H groups in total. The van der Waals surface area contributed by atoms with Gasteiger partial charge in [0.15, 0.2) is 0 Å². The summed E-state index contributed by atoms with van der Waals surface area (Å²) < 4.78 is 15.8. The number of hydrogen-bond acceptors (Lipinski definition) is 2. The van der Waals surface area contributed by atoms with Crippen LogP contribution in [0.1, 0.15) is 35.1 Å². The van der Waals surface area contributed by atoms with Crippen LogP contribution in [-0.4, -0.2) is 15.8 Å². The van der Waals surface area contributed by atoms with E-state index in [2.05, 4.69) is 11.9 Å². The Morgan fingerprint density at radius 2 is 2.28 bits per heavy atom. The van der Waals surface area contributed by atoms with E-state index in [1.165, 1.54) is 6.07 Å². The minimum absolute atomic E-state index is 0.355. The van der Waals surface area contributed by atoms with Gasteiger partial charge in [0.25, 0.3) is 0 Å². The summed E-state index contributed by atoms with van der Waals surface area (Å²) in [6, 6.07) is 4.53. The first-order chi connectivity index (χ1) is 8.74. The smallest absolute Gasteiger partial charge is 0.150 e. The Morgan fingerprint density at radius 3 is 2.94 bits per heavy atom. The average molecular weight is 246 g/mol. The number of carbonyl (C=O) groups is 1. The van der Waals surface area contributed by atoms with Crippen molar-refractivity contribution in [3.8, 4) is 0 Å². The summed E-state index contributed by atoms with van der Waals surface area (Å²) in [5, 5.41) is 0. The van der Waals surface area contributed by atoms with E-state index in [1.807, 2.05) is 10.8 Å². The SMILES string of the molecule is CCCn1ccnc1Cc1ccc(C=O)cc1F. The maximum atomic E-state index is 13.8. The van der Waals surface area contributed by atoms with Crippen molar-refractivity contribution in [3.05, 3.63) is 53.4 Å². The fraction of sp³-hybridized carbons (Fsp3) is 0.286. The van der Waals surface area contributed by atoms with Crippen molar-refractivity contribution in [2.75, 3.05) is 0 Å². The van der Waals surface area contributed by atoms with Crippen molar-refractivity contribution in [3.63, 3.8) is 0 Å². The number of aromatic nitrogens is 2. The second-order valence-corrected chi connectivity index (χ2v) is 4.18. The fourth-order valence-corrected chi connectivity index (χ4v) is 1.90. The van der Waals surface area contributed by atoms with Crippen LogP contribution >= 0.6 is 0 Å². The van der Waals surface area contributed by atoms with Crippen molar-refractivity contribution in [2.45, 2.75) is 26.3 Å². The molecule has 0 atom stereocenters. The number of aryl methyl sites for hydroxylation is 1. The zero-order valence-corrected chi connectivity index (χ0v) is 10.3. The van der Waals surface area contributed by atoms with Gasteiger partial charge in [-0.05, 0) is 18.1 Å². The molecule has 0 fully saturated rings. The predicted molar refractivity (Wildman–Crippen MR) is 67.1 cm³/mol. The van der Waals surface area contributed by atoms with Crippen LogP contribution in [0.15, 0.2) is 30.6 Å². The van der Waals surface area contributed by atoms with Gasteiger partial charge in [-0.25, -0.2) is 9.37 Å². The number of carbonyl (C=O) groups excluding carboxylic acids is 1. The Morgan fingerprint density at radius 1 is 1.44 bits per heavy atom. The molecule has 0 unspecified atom stereocenters. The lowest BCUT2D eigenvalue weighted by Crippen LogP contribution is -2.04. The van der Waals surface area contributed by atoms with E-state index in [1.54, 1.807) is 18.3 Å². The van der Waals surface area contributed by atoms with Crippen molar-refractivity contribution >= 4 is 6.29 Å². The number of rotatable bonds is 5. The summed E-state index contributed by atoms with van der Waals surface area (Å²) in [7, 11) is 0. The molecule has 0 amide bonds. The first kappa shape index (κ1) is 12.5. The zero-order valence-electron chi connectivity index (χ0n) is 10.3. The molecule has 3 nitrogen and oxygen atoms in total. The number of hydrogen-bond donors (Lipinski definition) is 0. The van der Waals surface area contributed by atoms with Gasteiger partial charge < -0.3 is 4.57 Å². The van der Waals surface area contributed by atoms with Gasteiger partial charge in [0, 0.05) is 30.9 Å². The van der Waals surface area contributed by atoms with Crippen molar-refractivity contribution < 1.29 is 9.18 Å². The van der Waals surface area contributed by atoms with E-state index in [9.17, 15) is 9.18 Å². The van der Waals surface area contributed by atoms with Crippen molar-refractivity contribution in [1.29, 1.82) is 0 Å². The molecule has 2 rings (SSSR count). The predicted octanol–water partition coefficient (Wildman–Crippen LogP) is 2.84. The van der Waals surface area contributed by atoms with Gasteiger partial charge in [-0.3, -0.25) is 4.79 Å². The van der Waals surface area contributed by atoms with Crippen LogP contribution < -0.4 is 0 Å². The molecule has 0 spiro atoms. The molecule has 0 saturated heterocycles. The third-order valence-electron chi connectivity index (χ3n) is 2.83. The lowest BCUT2D eigenvalue weighted by Gasteiger charge is -2.07. The van der Waals surface area contributed by atoms with Crippen LogP contribution in [0.5, 0.6) is 0 Å². The van der Waals surface area contributed by atoms with Crippen LogP contribution in [0, 0.1) is 5.82 Å². The highest BCUT2D eigenvalue weighted by Gasteiger charge is 2.08. The van der Waals surface area contributed by atoms with E-state index in [0.717, 1.165) is 18.8 Å². The van der Waals surface area contributed by atoms with Crippen molar-refractivity contribution in [1.82, 2.24) is 9.55 Å². The summed E-state index contributed by atoms with van der Waals surface area (Å²) in [5.74, 6) is 0.486. The monoisotopic (exact) mass is 246 g/mol. The molecule has 2 aromatic rings. The maximum Gasteiger partial charge on any atom is 0.150 e. The highest BCUT2D eigenvalue weighted by atomic mass is 19.1. The molecule has 1 heterocycles. The van der Waals surface area contributed by atoms with E-state index >= 15 is 0 Å². The van der Waals surface area contributed by atoms with Gasteiger partial charge in [0.1, 0.15) is 17.9 Å². The Kier molecular flexibility index (Phi) is 3.87. The number of halogens is 1. The van der Waals surface area contributed by atoms with Gasteiger partial charge in [0.2, 0.25) is 0 Å². The Balaban J connectivity index is 2.23. The minimum atomic E-state index is -0.356. The van der Waals surface area contributed by atoms with Gasteiger partial charge in [-0.2, -0.15) is 0 Å². The topological polar surface area (TPSA) is 34.9 Å². The Hall–Kier alpha value is -1.97. The highest BCUT2D eigenvalue weighted by Crippen LogP contribution is 2.14. The van der Waals surface area contributed by atoms with E-state index < -0.39 is 0 Å². The number of aldehydes is 1. The van der Waals surface area contributed by atoms with Crippen LogP contribution in [0.4, 0.5) is 4.39 Å². The molecule has 0 radical (unpaired) electrons. The third-order valence-corrected chi connectivity index (χ3v) is 2.83. The standard InChI is InChI=1S/C14H15FN2O/c1-2-6-17-7-5-16-14(17)9-12-4-3-11(10-18)8-13(12)15/h3-5,7-8,10H,2,6,9H2,1H3. The third kappa shape index (κ3) is 2.64. The molecule has 0 bridgehead atoms. The zero-order chi connectivity index (χ0) is 13.0. The van der Waals surface area contributed by atoms with Crippen LogP contribution in [0.3, 0.4) is 0 Å². The lowest BCUT2D eigenvalue weighted by molar-refractivity contribution is 0.112. The average Bonchev–Trinajstić information content (AvgIpc) is 2.80. The molecule has 1 aromatic heterocycles. The first-order valence-electron chi connectivity index (χ1n) is 5.98. The van der Waals surface area contributed by atoms with Crippen LogP contribution in [0.2, 0.25) is 0 Å². The van der Waals surface area contributed by atoms with E-state index in [0.29, 0.717) is 23.8 Å². The van der Waals surface area contributed by atoms with Crippen LogP contribution in [-0.2, 0) is 13.0 Å². The molecule has 4 heteroatoms. The van der Waals surface area contributed by atoms with E-state index in [4.69, 9.17) is 0 Å². The summed E-state index contributed by atoms with van der Waals surface area (Å²) >= 11 is 0. The molecule has 94 valence electrons. The normalized spacial score (nSPS) is 10.6. The summed E-state index contributed by atoms with van der Waals surface area (Å²) in [5.41, 5.74) is 0.914. The number of nitrogens with zero attached hydrogens (tertiary/aromatic N) is 2. The quantitative estimate of drug-likeness (QED) is 0.760. The van der Waals surface area contributed by atoms with Gasteiger partial charge in [0.05, 0.1) is 0 Å². The maximum absolute atomic E-state index is 13.8. The number of imidazole rings is 1. The molecule has 1 aromatic carbocycles. The Labute approximate surface area is 105 Å². The molecule has 0 saturated carbocycles. The second kappa shape index (κ2) is 5.58. The fourth-order valence-electron chi connectivity index (χ4n) is 1.90. The first-order valence-corrected chi connectivity index (χ1v) is 5.98. The highest BCUT2D eigenvalue weighted by molar-refractivity contribution is 5.74. The molecule has 0 aliphatic carbocycles. The van der Waals surface area contributed by atoms with E-state index in [-0.39, 0.29) is 5.82 Å². The molecular formula is C14H15FN2O. The minimum Gasteiger partial charge on any atom is -0.335 e. The number of benzene rings is 1. The molecule has 0 aliphatic rings. The Bertz CT molecular complexity index is 548. The summed E-state index contributed by atoms with van der Waals surface area (Å²) in [6.45, 7) is 2.96. The van der Waals surface area contributed by atoms with Gasteiger partial charge >= 0.3 is 0 Å². The largest absolute Gasteiger partial charge is 0.335 e. The molecular weight excluding hydrogens is 231 g/mol. The van der Waals surface area contributed by atoms with Gasteiger partial charge in [-0.1, -0.05) is 19.1 Å². The molecule has 18 heavy (non-hydrogen) atoms. The van der Waals surface area contributed by atoms with Gasteiger partial charge in [-0.15, -0.1) is 0 Å². The summed E-state index contributed by atoms with van der Waals surface area (Å²) in [6.07, 6.45) is 5.72. The molecule has 0 aliphatic heterocycles. The second-order valence-electron chi connectivity index (χ2n) is 4.18.